The molecule has 0 saturated carbocycles. The lowest BCUT2D eigenvalue weighted by atomic mass is 10.1. The number of carbonyl (C=O) groups excluding carboxylic acids is 2. The first kappa shape index (κ1) is 12.6. The van der Waals surface area contributed by atoms with Crippen LogP contribution in [0.15, 0.2) is 12.1 Å². The van der Waals surface area contributed by atoms with Crippen molar-refractivity contribution < 1.29 is 19.1 Å². The number of nitrogen functional groups attached to an aromatic ring is 1. The Balaban J connectivity index is 1.75. The van der Waals surface area contributed by atoms with E-state index in [1.807, 2.05) is 0 Å². The van der Waals surface area contributed by atoms with E-state index in [0.717, 1.165) is 0 Å². The number of likely N-dealkylation sites (tertiary alicyclic amines) is 1. The van der Waals surface area contributed by atoms with Gasteiger partial charge >= 0.3 is 0 Å². The molecule has 20 heavy (non-hydrogen) atoms. The molecule has 0 aliphatic carbocycles. The number of nitrogens with one attached hydrogen (secondary N) is 1. The van der Waals surface area contributed by atoms with E-state index in [1.165, 1.54) is 0 Å². The van der Waals surface area contributed by atoms with Gasteiger partial charge in [0.1, 0.15) is 0 Å². The van der Waals surface area contributed by atoms with Gasteiger partial charge in [-0.15, -0.1) is 0 Å². The highest BCUT2D eigenvalue weighted by Gasteiger charge is 2.32. The van der Waals surface area contributed by atoms with Crippen LogP contribution in [0.3, 0.4) is 0 Å². The van der Waals surface area contributed by atoms with E-state index in [-0.39, 0.29) is 30.9 Å². The molecule has 2 amide bonds. The number of hydrogen-bond acceptors (Lipinski definition) is 5. The number of carbonyl (C=O) groups is 2. The molecule has 7 heteroatoms. The van der Waals surface area contributed by atoms with Crippen LogP contribution in [0.4, 0.5) is 11.4 Å². The number of hydrogen-bond donors (Lipinski definition) is 2. The zero-order valence-corrected chi connectivity index (χ0v) is 11.0. The van der Waals surface area contributed by atoms with Crippen molar-refractivity contribution in [2.24, 2.45) is 5.92 Å². The first-order valence-corrected chi connectivity index (χ1v) is 6.28. The number of ether oxygens (including phenoxy) is 2. The molecule has 1 atom stereocenters. The number of amides is 2. The number of rotatable bonds is 2. The van der Waals surface area contributed by atoms with Crippen molar-refractivity contribution in [3.05, 3.63) is 12.1 Å². The Kier molecular flexibility index (Phi) is 2.89. The Morgan fingerprint density at radius 2 is 2.10 bits per heavy atom. The van der Waals surface area contributed by atoms with E-state index in [9.17, 15) is 9.59 Å². The predicted molar refractivity (Wildman–Crippen MR) is 71.4 cm³/mol. The van der Waals surface area contributed by atoms with E-state index < -0.39 is 0 Å². The van der Waals surface area contributed by atoms with Crippen molar-refractivity contribution in [3.63, 3.8) is 0 Å². The van der Waals surface area contributed by atoms with Gasteiger partial charge < -0.3 is 25.4 Å². The molecule has 7 nitrogen and oxygen atoms in total. The molecule has 106 valence electrons. The standard InChI is InChI=1S/C13H15N3O4/c1-16-5-7(2-12(16)17)13(18)15-9-4-11-10(3-8(9)14)19-6-20-11/h3-4,7H,2,5-6,14H2,1H3,(H,15,18). The van der Waals surface area contributed by atoms with Crippen molar-refractivity contribution >= 4 is 23.2 Å². The Hall–Kier alpha value is -2.44. The van der Waals surface area contributed by atoms with Gasteiger partial charge in [-0.2, -0.15) is 0 Å². The first-order valence-electron chi connectivity index (χ1n) is 6.28. The summed E-state index contributed by atoms with van der Waals surface area (Å²) in [6.45, 7) is 0.573. The van der Waals surface area contributed by atoms with Crippen LogP contribution >= 0.6 is 0 Å². The molecule has 0 aromatic heterocycles. The fourth-order valence-electron chi connectivity index (χ4n) is 2.34. The lowest BCUT2D eigenvalue weighted by Crippen LogP contribution is -2.26. The molecule has 1 unspecified atom stereocenters. The summed E-state index contributed by atoms with van der Waals surface area (Å²) in [5.74, 6) is 0.528. The molecule has 3 N–H and O–H groups in total. The summed E-state index contributed by atoms with van der Waals surface area (Å²) in [6.07, 6.45) is 0.229. The first-order chi connectivity index (χ1) is 9.54. The second kappa shape index (κ2) is 4.59. The van der Waals surface area contributed by atoms with Gasteiger partial charge in [-0.3, -0.25) is 9.59 Å². The summed E-state index contributed by atoms with van der Waals surface area (Å²) in [7, 11) is 1.69. The fourth-order valence-corrected chi connectivity index (χ4v) is 2.34. The Morgan fingerprint density at radius 1 is 1.40 bits per heavy atom. The highest BCUT2D eigenvalue weighted by molar-refractivity contribution is 5.99. The Bertz CT molecular complexity index is 587. The fraction of sp³-hybridized carbons (Fsp3) is 0.385. The van der Waals surface area contributed by atoms with E-state index in [0.29, 0.717) is 29.4 Å². The van der Waals surface area contributed by atoms with Crippen LogP contribution in [0.5, 0.6) is 11.5 Å². The van der Waals surface area contributed by atoms with Crippen LogP contribution in [0, 0.1) is 5.92 Å². The van der Waals surface area contributed by atoms with Crippen molar-refractivity contribution in [2.75, 3.05) is 31.4 Å². The van der Waals surface area contributed by atoms with E-state index in [2.05, 4.69) is 5.32 Å². The minimum atomic E-state index is -0.350. The maximum absolute atomic E-state index is 12.1. The van der Waals surface area contributed by atoms with E-state index in [1.54, 1.807) is 24.1 Å². The van der Waals surface area contributed by atoms with Crippen molar-refractivity contribution in [2.45, 2.75) is 6.42 Å². The van der Waals surface area contributed by atoms with Gasteiger partial charge in [0.05, 0.1) is 17.3 Å². The zero-order valence-electron chi connectivity index (χ0n) is 11.0. The lowest BCUT2D eigenvalue weighted by molar-refractivity contribution is -0.127. The molecule has 2 aliphatic heterocycles. The average Bonchev–Trinajstić information content (AvgIpc) is 2.97. The van der Waals surface area contributed by atoms with Gasteiger partial charge in [-0.1, -0.05) is 0 Å². The van der Waals surface area contributed by atoms with Gasteiger partial charge in [-0.25, -0.2) is 0 Å². The predicted octanol–water partition coefficient (Wildman–Crippen LogP) is 0.414. The largest absolute Gasteiger partial charge is 0.454 e. The van der Waals surface area contributed by atoms with Crippen LogP contribution in [0.2, 0.25) is 0 Å². The normalized spacial score (nSPS) is 20.4. The molecule has 3 rings (SSSR count). The third kappa shape index (κ3) is 2.11. The SMILES string of the molecule is CN1CC(C(=O)Nc2cc3c(cc2N)OCO3)CC1=O. The van der Waals surface area contributed by atoms with Crippen LogP contribution < -0.4 is 20.5 Å². The van der Waals surface area contributed by atoms with E-state index >= 15 is 0 Å². The van der Waals surface area contributed by atoms with Crippen LogP contribution in [0.25, 0.3) is 0 Å². The molecule has 2 heterocycles. The second-order valence-corrected chi connectivity index (χ2v) is 4.96. The minimum absolute atomic E-state index is 0.0243. The summed E-state index contributed by atoms with van der Waals surface area (Å²) in [4.78, 5) is 25.1. The maximum Gasteiger partial charge on any atom is 0.231 e. The summed E-state index contributed by atoms with van der Waals surface area (Å²) >= 11 is 0. The van der Waals surface area contributed by atoms with Gasteiger partial charge in [0.25, 0.3) is 0 Å². The number of benzene rings is 1. The van der Waals surface area contributed by atoms with Crippen molar-refractivity contribution in [3.8, 4) is 11.5 Å². The number of nitrogens with zero attached hydrogens (tertiary/aromatic N) is 1. The van der Waals surface area contributed by atoms with Crippen LogP contribution in [0.1, 0.15) is 6.42 Å². The Morgan fingerprint density at radius 3 is 2.75 bits per heavy atom. The quantitative estimate of drug-likeness (QED) is 0.764. The molecule has 1 fully saturated rings. The van der Waals surface area contributed by atoms with Gasteiger partial charge in [0.15, 0.2) is 11.5 Å². The van der Waals surface area contributed by atoms with Gasteiger partial charge in [0.2, 0.25) is 18.6 Å². The van der Waals surface area contributed by atoms with Gasteiger partial charge in [0, 0.05) is 32.1 Å². The summed E-state index contributed by atoms with van der Waals surface area (Å²) in [6, 6.07) is 3.25. The molecular weight excluding hydrogens is 262 g/mol. The summed E-state index contributed by atoms with van der Waals surface area (Å²) < 4.78 is 10.4. The summed E-state index contributed by atoms with van der Waals surface area (Å²) in [5.41, 5.74) is 6.74. The molecular formula is C13H15N3O4. The van der Waals surface area contributed by atoms with Crippen LogP contribution in [-0.4, -0.2) is 37.1 Å². The molecule has 1 aromatic carbocycles. The third-order valence-electron chi connectivity index (χ3n) is 3.51. The number of nitrogens with two attached hydrogens (primary N) is 1. The molecule has 0 bridgehead atoms. The zero-order chi connectivity index (χ0) is 14.3. The monoisotopic (exact) mass is 277 g/mol. The number of fused-ring (bicyclic) bond motifs is 1. The molecule has 0 spiro atoms. The average molecular weight is 277 g/mol. The molecule has 1 saturated heterocycles. The van der Waals surface area contributed by atoms with Crippen molar-refractivity contribution in [1.29, 1.82) is 0 Å². The summed E-state index contributed by atoms with van der Waals surface area (Å²) in [5, 5.41) is 2.74. The molecule has 0 radical (unpaired) electrons. The number of anilines is 2. The maximum atomic E-state index is 12.1. The highest BCUT2D eigenvalue weighted by Crippen LogP contribution is 2.38. The van der Waals surface area contributed by atoms with E-state index in [4.69, 9.17) is 15.2 Å². The van der Waals surface area contributed by atoms with Crippen molar-refractivity contribution in [1.82, 2.24) is 4.90 Å². The lowest BCUT2D eigenvalue weighted by Gasteiger charge is -2.13. The smallest absolute Gasteiger partial charge is 0.231 e. The topological polar surface area (TPSA) is 93.9 Å². The third-order valence-corrected chi connectivity index (χ3v) is 3.51. The second-order valence-electron chi connectivity index (χ2n) is 4.96. The Labute approximate surface area is 115 Å². The molecule has 2 aliphatic rings. The molecule has 1 aromatic rings. The highest BCUT2D eigenvalue weighted by atomic mass is 16.7. The minimum Gasteiger partial charge on any atom is -0.454 e. The van der Waals surface area contributed by atoms with Crippen LogP contribution in [-0.2, 0) is 9.59 Å². The van der Waals surface area contributed by atoms with Gasteiger partial charge in [-0.05, 0) is 0 Å².